The summed E-state index contributed by atoms with van der Waals surface area (Å²) in [6.45, 7) is 6.03. The van der Waals surface area contributed by atoms with Gasteiger partial charge >= 0.3 is 0 Å². The van der Waals surface area contributed by atoms with Crippen molar-refractivity contribution in [3.63, 3.8) is 0 Å². The summed E-state index contributed by atoms with van der Waals surface area (Å²) in [6.07, 6.45) is 3.59. The molecular weight excluding hydrogens is 138 g/mol. The van der Waals surface area contributed by atoms with Gasteiger partial charge in [-0.25, -0.2) is 0 Å². The van der Waals surface area contributed by atoms with E-state index in [1.807, 2.05) is 0 Å². The molecule has 3 nitrogen and oxygen atoms in total. The zero-order valence-corrected chi connectivity index (χ0v) is 7.53. The molecule has 0 aliphatic carbocycles. The quantitative estimate of drug-likeness (QED) is 0.352. The number of nitrogens with two attached hydrogens (primary N) is 1. The normalized spacial score (nSPS) is 10.4. The standard InChI is InChI=1S/C8H21N3/c1-2-3-6-10-8-11-7-4-5-9/h10-11H,2-9H2,1H3. The Hall–Kier alpha value is -0.120. The van der Waals surface area contributed by atoms with Gasteiger partial charge in [0.25, 0.3) is 0 Å². The first-order valence-corrected chi connectivity index (χ1v) is 4.53. The molecule has 0 fully saturated rings. The van der Waals surface area contributed by atoms with E-state index in [1.54, 1.807) is 0 Å². The topological polar surface area (TPSA) is 50.1 Å². The van der Waals surface area contributed by atoms with Crippen molar-refractivity contribution < 1.29 is 0 Å². The van der Waals surface area contributed by atoms with Crippen LogP contribution in [-0.2, 0) is 0 Å². The molecule has 4 N–H and O–H groups in total. The van der Waals surface area contributed by atoms with Crippen LogP contribution in [0.3, 0.4) is 0 Å². The predicted molar refractivity (Wildman–Crippen MR) is 49.5 cm³/mol. The van der Waals surface area contributed by atoms with Gasteiger partial charge in [-0.15, -0.1) is 0 Å². The summed E-state index contributed by atoms with van der Waals surface area (Å²) in [6, 6.07) is 0. The molecule has 11 heavy (non-hydrogen) atoms. The third-order valence-corrected chi connectivity index (χ3v) is 1.51. The summed E-state index contributed by atoms with van der Waals surface area (Å²) in [4.78, 5) is 0. The van der Waals surface area contributed by atoms with Gasteiger partial charge in [0.05, 0.1) is 0 Å². The van der Waals surface area contributed by atoms with Gasteiger partial charge in [-0.3, -0.25) is 0 Å². The minimum Gasteiger partial charge on any atom is -0.330 e. The average molecular weight is 159 g/mol. The SMILES string of the molecule is CCCCNCNCCCN. The smallest absolute Gasteiger partial charge is 0.0454 e. The Balaban J connectivity index is 2.69. The third kappa shape index (κ3) is 9.88. The summed E-state index contributed by atoms with van der Waals surface area (Å²) < 4.78 is 0. The first kappa shape index (κ1) is 10.9. The highest BCUT2D eigenvalue weighted by Crippen LogP contribution is 1.80. The van der Waals surface area contributed by atoms with Crippen LogP contribution in [0.1, 0.15) is 26.2 Å². The van der Waals surface area contributed by atoms with Gasteiger partial charge in [0.15, 0.2) is 0 Å². The van der Waals surface area contributed by atoms with Crippen LogP contribution in [0.2, 0.25) is 0 Å². The lowest BCUT2D eigenvalue weighted by Crippen LogP contribution is -2.30. The highest BCUT2D eigenvalue weighted by molar-refractivity contribution is 4.47. The molecule has 0 rings (SSSR count). The van der Waals surface area contributed by atoms with Crippen molar-refractivity contribution in [3.8, 4) is 0 Å². The van der Waals surface area contributed by atoms with Crippen LogP contribution in [0, 0.1) is 0 Å². The molecule has 0 aromatic heterocycles. The van der Waals surface area contributed by atoms with Crippen LogP contribution in [-0.4, -0.2) is 26.3 Å². The van der Waals surface area contributed by atoms with Crippen molar-refractivity contribution in [2.45, 2.75) is 26.2 Å². The molecule has 0 heterocycles. The van der Waals surface area contributed by atoms with Crippen molar-refractivity contribution in [1.82, 2.24) is 10.6 Å². The minimum atomic E-state index is 0.780. The fourth-order valence-corrected chi connectivity index (χ4v) is 0.794. The second-order valence-corrected chi connectivity index (χ2v) is 2.67. The summed E-state index contributed by atoms with van der Waals surface area (Å²) in [5.41, 5.74) is 5.33. The Labute approximate surface area is 69.7 Å². The van der Waals surface area contributed by atoms with E-state index in [-0.39, 0.29) is 0 Å². The third-order valence-electron chi connectivity index (χ3n) is 1.51. The maximum absolute atomic E-state index is 5.33. The summed E-state index contributed by atoms with van der Waals surface area (Å²) in [5, 5.41) is 6.55. The molecule has 3 heteroatoms. The molecule has 0 aromatic carbocycles. The van der Waals surface area contributed by atoms with Crippen LogP contribution in [0.15, 0.2) is 0 Å². The molecule has 0 aliphatic rings. The molecule has 0 unspecified atom stereocenters. The Kier molecular flexibility index (Phi) is 9.77. The highest BCUT2D eigenvalue weighted by atomic mass is 15.0. The average Bonchev–Trinajstić information content (AvgIpc) is 2.03. The number of unbranched alkanes of at least 4 members (excludes halogenated alkanes) is 1. The zero-order valence-electron chi connectivity index (χ0n) is 7.53. The fraction of sp³-hybridized carbons (Fsp3) is 1.00. The van der Waals surface area contributed by atoms with Gasteiger partial charge in [-0.1, -0.05) is 13.3 Å². The van der Waals surface area contributed by atoms with Gasteiger partial charge in [0.2, 0.25) is 0 Å². The molecule has 0 amide bonds. The Morgan fingerprint density at radius 2 is 1.73 bits per heavy atom. The largest absolute Gasteiger partial charge is 0.330 e. The van der Waals surface area contributed by atoms with Crippen LogP contribution in [0.4, 0.5) is 0 Å². The lowest BCUT2D eigenvalue weighted by Gasteiger charge is -2.04. The molecule has 0 aliphatic heterocycles. The maximum Gasteiger partial charge on any atom is 0.0454 e. The number of nitrogens with one attached hydrogen (secondary N) is 2. The fourth-order valence-electron chi connectivity index (χ4n) is 0.794. The summed E-state index contributed by atoms with van der Waals surface area (Å²) in [7, 11) is 0. The van der Waals surface area contributed by atoms with E-state index in [1.165, 1.54) is 12.8 Å². The van der Waals surface area contributed by atoms with Gasteiger partial charge < -0.3 is 16.4 Å². The molecule has 68 valence electrons. The Bertz CT molecular complexity index is 58.4. The molecule has 0 aromatic rings. The minimum absolute atomic E-state index is 0.780. The van der Waals surface area contributed by atoms with Crippen LogP contribution in [0.5, 0.6) is 0 Å². The van der Waals surface area contributed by atoms with Gasteiger partial charge in [-0.2, -0.15) is 0 Å². The Morgan fingerprint density at radius 3 is 2.27 bits per heavy atom. The van der Waals surface area contributed by atoms with E-state index >= 15 is 0 Å². The van der Waals surface area contributed by atoms with Gasteiger partial charge in [-0.05, 0) is 32.5 Å². The van der Waals surface area contributed by atoms with Gasteiger partial charge in [0, 0.05) is 6.67 Å². The second-order valence-electron chi connectivity index (χ2n) is 2.67. The van der Waals surface area contributed by atoms with Crippen molar-refractivity contribution in [3.05, 3.63) is 0 Å². The number of rotatable bonds is 8. The van der Waals surface area contributed by atoms with Crippen molar-refractivity contribution in [2.24, 2.45) is 5.73 Å². The first-order chi connectivity index (χ1) is 5.41. The number of hydrogen-bond donors (Lipinski definition) is 3. The zero-order chi connectivity index (χ0) is 8.36. The molecule has 0 saturated heterocycles. The van der Waals surface area contributed by atoms with E-state index in [2.05, 4.69) is 17.6 Å². The van der Waals surface area contributed by atoms with E-state index in [0.29, 0.717) is 0 Å². The molecular formula is C8H21N3. The van der Waals surface area contributed by atoms with Crippen molar-refractivity contribution in [2.75, 3.05) is 26.3 Å². The van der Waals surface area contributed by atoms with Crippen molar-refractivity contribution in [1.29, 1.82) is 0 Å². The first-order valence-electron chi connectivity index (χ1n) is 4.53. The molecule has 0 saturated carbocycles. The van der Waals surface area contributed by atoms with Crippen LogP contribution in [0.25, 0.3) is 0 Å². The van der Waals surface area contributed by atoms with Gasteiger partial charge in [0.1, 0.15) is 0 Å². The molecule has 0 bridgehead atoms. The molecule has 0 spiro atoms. The van der Waals surface area contributed by atoms with Crippen LogP contribution >= 0.6 is 0 Å². The summed E-state index contributed by atoms with van der Waals surface area (Å²) in [5.74, 6) is 0. The van der Waals surface area contributed by atoms with Crippen LogP contribution < -0.4 is 16.4 Å². The maximum atomic E-state index is 5.33. The molecule has 0 atom stereocenters. The molecule has 0 radical (unpaired) electrons. The van der Waals surface area contributed by atoms with E-state index in [9.17, 15) is 0 Å². The predicted octanol–water partition coefficient (Wildman–Crippen LogP) is 0.272. The van der Waals surface area contributed by atoms with E-state index in [0.717, 1.165) is 32.7 Å². The number of hydrogen-bond acceptors (Lipinski definition) is 3. The summed E-state index contributed by atoms with van der Waals surface area (Å²) >= 11 is 0. The lowest BCUT2D eigenvalue weighted by molar-refractivity contribution is 0.558. The van der Waals surface area contributed by atoms with E-state index < -0.39 is 0 Å². The Morgan fingerprint density at radius 1 is 1.09 bits per heavy atom. The van der Waals surface area contributed by atoms with Crippen molar-refractivity contribution >= 4 is 0 Å². The monoisotopic (exact) mass is 159 g/mol. The highest BCUT2D eigenvalue weighted by Gasteiger charge is 1.85. The lowest BCUT2D eigenvalue weighted by atomic mass is 10.3. The van der Waals surface area contributed by atoms with E-state index in [4.69, 9.17) is 5.73 Å². The second kappa shape index (κ2) is 9.88.